The smallest absolute Gasteiger partial charge is 0.00767 e. The van der Waals surface area contributed by atoms with Gasteiger partial charge in [0.15, 0.2) is 0 Å². The van der Waals surface area contributed by atoms with Crippen LogP contribution < -0.4 is 0 Å². The first-order valence-corrected chi connectivity index (χ1v) is 4.28. The Hall–Kier alpha value is -0.780. The van der Waals surface area contributed by atoms with Gasteiger partial charge in [-0.1, -0.05) is 36.5 Å². The number of rotatable bonds is 0. The Morgan fingerprint density at radius 2 is 1.27 bits per heavy atom. The minimum absolute atomic E-state index is 0.637. The van der Waals surface area contributed by atoms with Crippen LogP contribution >= 0.6 is 0 Å². The van der Waals surface area contributed by atoms with Crippen LogP contribution in [0.5, 0.6) is 0 Å². The third-order valence-electron chi connectivity index (χ3n) is 3.86. The fourth-order valence-electron chi connectivity index (χ4n) is 3.44. The van der Waals surface area contributed by atoms with Gasteiger partial charge in [0.05, 0.1) is 0 Å². The Morgan fingerprint density at radius 3 is 1.55 bits per heavy atom. The summed E-state index contributed by atoms with van der Waals surface area (Å²) in [4.78, 5) is 0. The second-order valence-electron chi connectivity index (χ2n) is 4.13. The van der Waals surface area contributed by atoms with E-state index < -0.39 is 0 Å². The summed E-state index contributed by atoms with van der Waals surface area (Å²) in [5.41, 5.74) is 4.33. The van der Waals surface area contributed by atoms with Gasteiger partial charge in [-0.25, -0.2) is 0 Å². The van der Waals surface area contributed by atoms with Crippen molar-refractivity contribution in [2.24, 2.45) is 23.7 Å². The minimum atomic E-state index is 0.637. The summed E-state index contributed by atoms with van der Waals surface area (Å²) in [5, 5.41) is 0. The summed E-state index contributed by atoms with van der Waals surface area (Å²) in [6.45, 7) is 12.4. The zero-order valence-electron chi connectivity index (χ0n) is 6.64. The Labute approximate surface area is 67.3 Å². The molecule has 0 aromatic rings. The molecular weight excluding hydrogens is 132 g/mol. The largest absolute Gasteiger partial charge is 0.0989 e. The van der Waals surface area contributed by atoms with Crippen molar-refractivity contribution in [1.29, 1.82) is 0 Å². The molecule has 4 saturated carbocycles. The Kier molecular flexibility index (Phi) is 0.732. The monoisotopic (exact) mass is 144 g/mol. The molecule has 0 N–H and O–H groups in total. The molecule has 0 saturated heterocycles. The predicted octanol–water partition coefficient (Wildman–Crippen LogP) is 2.55. The first-order chi connectivity index (χ1) is 5.22. The average molecular weight is 144 g/mol. The van der Waals surface area contributed by atoms with Gasteiger partial charge in [-0.15, -0.1) is 0 Å². The lowest BCUT2D eigenvalue weighted by Gasteiger charge is -2.11. The van der Waals surface area contributed by atoms with Crippen molar-refractivity contribution in [2.75, 3.05) is 0 Å². The molecule has 4 rings (SSSR count). The Bertz CT molecular complexity index is 267. The molecule has 0 aliphatic heterocycles. The molecule has 0 aromatic heterocycles. The normalized spacial score (nSPS) is 51.8. The lowest BCUT2D eigenvalue weighted by molar-refractivity contribution is 0.547. The van der Waals surface area contributed by atoms with E-state index in [1.165, 1.54) is 23.1 Å². The van der Waals surface area contributed by atoms with E-state index in [0.29, 0.717) is 11.8 Å². The first-order valence-electron chi connectivity index (χ1n) is 4.28. The van der Waals surface area contributed by atoms with Gasteiger partial charge in [-0.3, -0.25) is 0 Å². The molecule has 4 bridgehead atoms. The molecule has 4 unspecified atom stereocenters. The van der Waals surface area contributed by atoms with E-state index in [9.17, 15) is 0 Å². The van der Waals surface area contributed by atoms with Crippen LogP contribution in [0.4, 0.5) is 0 Å². The molecule has 0 spiro atoms. The number of hydrogen-bond donors (Lipinski definition) is 0. The quantitative estimate of drug-likeness (QED) is 0.458. The molecule has 56 valence electrons. The van der Waals surface area contributed by atoms with Gasteiger partial charge in [0.2, 0.25) is 0 Å². The van der Waals surface area contributed by atoms with Crippen molar-refractivity contribution in [2.45, 2.75) is 6.42 Å². The lowest BCUT2D eigenvalue weighted by atomic mass is 9.93. The second-order valence-corrected chi connectivity index (χ2v) is 4.13. The number of hydrogen-bond acceptors (Lipinski definition) is 0. The SMILES string of the molecule is C=C1C2CC3C(=C)C2C(=C)C13. The highest BCUT2D eigenvalue weighted by atomic mass is 14.6. The molecular formula is C11H12. The van der Waals surface area contributed by atoms with E-state index in [1.54, 1.807) is 0 Å². The molecule has 4 fully saturated rings. The fraction of sp³-hybridized carbons (Fsp3) is 0.455. The maximum absolute atomic E-state index is 4.14. The van der Waals surface area contributed by atoms with Crippen LogP contribution in [0.15, 0.2) is 36.5 Å². The van der Waals surface area contributed by atoms with E-state index in [1.807, 2.05) is 0 Å². The third kappa shape index (κ3) is 0.387. The van der Waals surface area contributed by atoms with Gasteiger partial charge in [-0.05, 0) is 18.3 Å². The summed E-state index contributed by atoms with van der Waals surface area (Å²) in [7, 11) is 0. The van der Waals surface area contributed by atoms with Gasteiger partial charge >= 0.3 is 0 Å². The summed E-state index contributed by atoms with van der Waals surface area (Å²) in [6, 6.07) is 0. The van der Waals surface area contributed by atoms with Crippen LogP contribution in [-0.2, 0) is 0 Å². The zero-order chi connectivity index (χ0) is 7.75. The molecule has 4 aliphatic rings. The van der Waals surface area contributed by atoms with Crippen LogP contribution in [0.3, 0.4) is 0 Å². The highest BCUT2D eigenvalue weighted by molar-refractivity contribution is 5.51. The van der Waals surface area contributed by atoms with Crippen LogP contribution in [0.25, 0.3) is 0 Å². The van der Waals surface area contributed by atoms with Crippen LogP contribution in [0.2, 0.25) is 0 Å². The van der Waals surface area contributed by atoms with E-state index in [0.717, 1.165) is 11.8 Å². The average Bonchev–Trinajstić information content (AvgIpc) is 2.55. The van der Waals surface area contributed by atoms with Crippen molar-refractivity contribution in [3.05, 3.63) is 36.5 Å². The summed E-state index contributed by atoms with van der Waals surface area (Å²) in [5.74, 6) is 2.75. The van der Waals surface area contributed by atoms with Crippen LogP contribution in [0.1, 0.15) is 6.42 Å². The molecule has 4 aliphatic carbocycles. The minimum Gasteiger partial charge on any atom is -0.0989 e. The highest BCUT2D eigenvalue weighted by Crippen LogP contribution is 2.69. The maximum Gasteiger partial charge on any atom is 0.00767 e. The molecule has 4 atom stereocenters. The van der Waals surface area contributed by atoms with Gasteiger partial charge in [-0.2, -0.15) is 0 Å². The Balaban J connectivity index is 2.26. The van der Waals surface area contributed by atoms with Crippen molar-refractivity contribution in [1.82, 2.24) is 0 Å². The topological polar surface area (TPSA) is 0 Å². The van der Waals surface area contributed by atoms with Crippen LogP contribution in [-0.4, -0.2) is 0 Å². The molecule has 11 heavy (non-hydrogen) atoms. The summed E-state index contributed by atoms with van der Waals surface area (Å²) >= 11 is 0. The predicted molar refractivity (Wildman–Crippen MR) is 46.0 cm³/mol. The van der Waals surface area contributed by atoms with Gasteiger partial charge in [0.25, 0.3) is 0 Å². The molecule has 0 nitrogen and oxygen atoms in total. The van der Waals surface area contributed by atoms with Gasteiger partial charge in [0, 0.05) is 11.8 Å². The second kappa shape index (κ2) is 1.38. The van der Waals surface area contributed by atoms with Crippen molar-refractivity contribution in [3.8, 4) is 0 Å². The fourth-order valence-corrected chi connectivity index (χ4v) is 3.44. The highest BCUT2D eigenvalue weighted by Gasteiger charge is 2.60. The third-order valence-corrected chi connectivity index (χ3v) is 3.86. The van der Waals surface area contributed by atoms with E-state index in [4.69, 9.17) is 0 Å². The van der Waals surface area contributed by atoms with Gasteiger partial charge < -0.3 is 0 Å². The standard InChI is InChI=1S/C11H12/c1-5-8-4-9-6(2)11(8)7(3)10(5)9/h8-11H,1-4H2. The zero-order valence-corrected chi connectivity index (χ0v) is 6.64. The Morgan fingerprint density at radius 1 is 0.818 bits per heavy atom. The first kappa shape index (κ1) is 5.82. The van der Waals surface area contributed by atoms with Crippen molar-refractivity contribution < 1.29 is 0 Å². The van der Waals surface area contributed by atoms with Crippen molar-refractivity contribution >= 4 is 0 Å². The summed E-state index contributed by atoms with van der Waals surface area (Å²) in [6.07, 6.45) is 1.33. The summed E-state index contributed by atoms with van der Waals surface area (Å²) < 4.78 is 0. The molecule has 0 amide bonds. The van der Waals surface area contributed by atoms with E-state index in [2.05, 4.69) is 19.7 Å². The van der Waals surface area contributed by atoms with E-state index >= 15 is 0 Å². The lowest BCUT2D eigenvalue weighted by Crippen LogP contribution is -2.02. The van der Waals surface area contributed by atoms with E-state index in [-0.39, 0.29) is 0 Å². The van der Waals surface area contributed by atoms with Gasteiger partial charge in [0.1, 0.15) is 0 Å². The molecule has 0 radical (unpaired) electrons. The van der Waals surface area contributed by atoms with Crippen molar-refractivity contribution in [3.63, 3.8) is 0 Å². The molecule has 0 heterocycles. The molecule has 0 aromatic carbocycles. The van der Waals surface area contributed by atoms with Crippen LogP contribution in [0, 0.1) is 23.7 Å². The number of allylic oxidation sites excluding steroid dienone is 3. The maximum atomic E-state index is 4.14. The molecule has 0 heteroatoms.